The summed E-state index contributed by atoms with van der Waals surface area (Å²) in [5, 5.41) is 8.74. The monoisotopic (exact) mass is 284 g/mol. The van der Waals surface area contributed by atoms with E-state index < -0.39 is 10.2 Å². The highest BCUT2D eigenvalue weighted by atomic mass is 32.2. The number of fused-ring (bicyclic) bond motifs is 1. The van der Waals surface area contributed by atoms with E-state index in [1.54, 1.807) is 0 Å². The van der Waals surface area contributed by atoms with Crippen molar-refractivity contribution in [3.05, 3.63) is 35.4 Å². The first-order chi connectivity index (χ1) is 9.03. The summed E-state index contributed by atoms with van der Waals surface area (Å²) in [5.74, 6) is 0. The molecule has 1 aromatic carbocycles. The normalized spacial score (nSPS) is 15.9. The molecule has 1 aliphatic carbocycles. The van der Waals surface area contributed by atoms with Gasteiger partial charge in [0.05, 0.1) is 0 Å². The summed E-state index contributed by atoms with van der Waals surface area (Å²) in [5.41, 5.74) is 2.43. The molecule has 0 spiro atoms. The van der Waals surface area contributed by atoms with E-state index in [0.29, 0.717) is 13.0 Å². The fourth-order valence-electron chi connectivity index (χ4n) is 2.36. The lowest BCUT2D eigenvalue weighted by atomic mass is 10.1. The number of benzene rings is 1. The largest absolute Gasteiger partial charge is 0.396 e. The second-order valence-electron chi connectivity index (χ2n) is 4.90. The van der Waals surface area contributed by atoms with Crippen LogP contribution in [0.25, 0.3) is 0 Å². The fourth-order valence-corrected chi connectivity index (χ4v) is 3.49. The highest BCUT2D eigenvalue weighted by Crippen LogP contribution is 2.22. The summed E-state index contributed by atoms with van der Waals surface area (Å²) in [6.07, 6.45) is 1.93. The molecule has 1 aromatic rings. The quantitative estimate of drug-likeness (QED) is 0.789. The van der Waals surface area contributed by atoms with Crippen LogP contribution in [0.4, 0.5) is 0 Å². The van der Waals surface area contributed by atoms with Crippen LogP contribution in [0.2, 0.25) is 0 Å². The maximum Gasteiger partial charge on any atom is 0.279 e. The Morgan fingerprint density at radius 1 is 1.32 bits per heavy atom. The summed E-state index contributed by atoms with van der Waals surface area (Å²) in [4.78, 5) is 0. The molecule has 19 heavy (non-hydrogen) atoms. The van der Waals surface area contributed by atoms with Crippen LogP contribution in [0.15, 0.2) is 24.3 Å². The van der Waals surface area contributed by atoms with Gasteiger partial charge in [-0.2, -0.15) is 17.4 Å². The molecule has 0 amide bonds. The summed E-state index contributed by atoms with van der Waals surface area (Å²) >= 11 is 0. The van der Waals surface area contributed by atoms with Gasteiger partial charge in [-0.15, -0.1) is 0 Å². The Balaban J connectivity index is 1.96. The predicted octanol–water partition coefficient (Wildman–Crippen LogP) is 0.302. The van der Waals surface area contributed by atoms with Crippen LogP contribution in [0.5, 0.6) is 0 Å². The van der Waals surface area contributed by atoms with Gasteiger partial charge in [0.15, 0.2) is 0 Å². The number of hydrogen-bond acceptors (Lipinski definition) is 3. The van der Waals surface area contributed by atoms with Crippen LogP contribution < -0.4 is 4.72 Å². The Kier molecular flexibility index (Phi) is 4.57. The van der Waals surface area contributed by atoms with Gasteiger partial charge >= 0.3 is 0 Å². The smallest absolute Gasteiger partial charge is 0.279 e. The van der Waals surface area contributed by atoms with Crippen LogP contribution in [0.1, 0.15) is 17.5 Å². The Bertz CT molecular complexity index is 505. The van der Waals surface area contributed by atoms with Gasteiger partial charge in [0.2, 0.25) is 0 Å². The van der Waals surface area contributed by atoms with Gasteiger partial charge in [-0.25, -0.2) is 0 Å². The topological polar surface area (TPSA) is 69.6 Å². The number of aliphatic hydroxyl groups is 1. The minimum Gasteiger partial charge on any atom is -0.396 e. The van der Waals surface area contributed by atoms with E-state index in [2.05, 4.69) is 4.72 Å². The summed E-state index contributed by atoms with van der Waals surface area (Å²) < 4.78 is 28.1. The third kappa shape index (κ3) is 3.54. The Hall–Kier alpha value is -0.950. The molecule has 2 rings (SSSR count). The third-order valence-electron chi connectivity index (χ3n) is 3.41. The first kappa shape index (κ1) is 14.5. The van der Waals surface area contributed by atoms with E-state index in [1.165, 1.54) is 22.5 Å². The van der Waals surface area contributed by atoms with Crippen molar-refractivity contribution in [2.75, 3.05) is 20.2 Å². The van der Waals surface area contributed by atoms with Gasteiger partial charge in [0.25, 0.3) is 10.2 Å². The SMILES string of the molecule is CN(CCCO)S(=O)(=O)NC1Cc2ccccc2C1. The molecule has 0 saturated carbocycles. The average molecular weight is 284 g/mol. The number of hydrogen-bond donors (Lipinski definition) is 2. The maximum atomic E-state index is 12.1. The molecule has 0 saturated heterocycles. The Morgan fingerprint density at radius 3 is 2.42 bits per heavy atom. The standard InChI is InChI=1S/C13H20N2O3S/c1-15(7-4-8-16)19(17,18)14-13-9-11-5-2-3-6-12(11)10-13/h2-3,5-6,13-14,16H,4,7-10H2,1H3. The zero-order valence-electron chi connectivity index (χ0n) is 11.0. The zero-order chi connectivity index (χ0) is 13.9. The highest BCUT2D eigenvalue weighted by molar-refractivity contribution is 7.87. The highest BCUT2D eigenvalue weighted by Gasteiger charge is 2.27. The van der Waals surface area contributed by atoms with Gasteiger partial charge in [-0.3, -0.25) is 0 Å². The van der Waals surface area contributed by atoms with Gasteiger partial charge in [0.1, 0.15) is 0 Å². The van der Waals surface area contributed by atoms with E-state index >= 15 is 0 Å². The minimum absolute atomic E-state index is 0.00523. The molecule has 6 heteroatoms. The Morgan fingerprint density at radius 2 is 1.89 bits per heavy atom. The molecule has 0 bridgehead atoms. The first-order valence-electron chi connectivity index (χ1n) is 6.44. The van der Waals surface area contributed by atoms with Crippen LogP contribution in [-0.4, -0.2) is 44.1 Å². The van der Waals surface area contributed by atoms with Crippen molar-refractivity contribution in [1.29, 1.82) is 0 Å². The molecule has 0 unspecified atom stereocenters. The van der Waals surface area contributed by atoms with Crippen LogP contribution in [0.3, 0.4) is 0 Å². The summed E-state index contributed by atoms with van der Waals surface area (Å²) in [6, 6.07) is 7.96. The number of rotatable bonds is 6. The predicted molar refractivity (Wildman–Crippen MR) is 74.0 cm³/mol. The molecular formula is C13H20N2O3S. The number of nitrogens with one attached hydrogen (secondary N) is 1. The van der Waals surface area contributed by atoms with E-state index in [1.807, 2.05) is 24.3 Å². The second-order valence-corrected chi connectivity index (χ2v) is 6.70. The lowest BCUT2D eigenvalue weighted by molar-refractivity contribution is 0.275. The molecular weight excluding hydrogens is 264 g/mol. The van der Waals surface area contributed by atoms with Crippen molar-refractivity contribution in [2.24, 2.45) is 0 Å². The van der Waals surface area contributed by atoms with Crippen LogP contribution in [-0.2, 0) is 23.1 Å². The summed E-state index contributed by atoms with van der Waals surface area (Å²) in [6.45, 7) is 0.320. The Labute approximate surface area is 114 Å². The molecule has 2 N–H and O–H groups in total. The van der Waals surface area contributed by atoms with Crippen molar-refractivity contribution < 1.29 is 13.5 Å². The average Bonchev–Trinajstić information content (AvgIpc) is 2.76. The van der Waals surface area contributed by atoms with Crippen LogP contribution in [0, 0.1) is 0 Å². The van der Waals surface area contributed by atoms with Crippen molar-refractivity contribution >= 4 is 10.2 Å². The molecule has 106 valence electrons. The minimum atomic E-state index is -3.46. The van der Waals surface area contributed by atoms with Crippen molar-refractivity contribution in [1.82, 2.24) is 9.03 Å². The first-order valence-corrected chi connectivity index (χ1v) is 7.88. The van der Waals surface area contributed by atoms with E-state index in [9.17, 15) is 8.42 Å². The molecule has 0 radical (unpaired) electrons. The van der Waals surface area contributed by atoms with Gasteiger partial charge in [0, 0.05) is 26.2 Å². The molecule has 0 fully saturated rings. The lowest BCUT2D eigenvalue weighted by Gasteiger charge is -2.20. The molecule has 1 aliphatic rings. The molecule has 0 aliphatic heterocycles. The third-order valence-corrected chi connectivity index (χ3v) is 5.04. The number of nitrogens with zero attached hydrogens (tertiary/aromatic N) is 1. The van der Waals surface area contributed by atoms with Crippen LogP contribution >= 0.6 is 0 Å². The second kappa shape index (κ2) is 6.00. The number of aliphatic hydroxyl groups excluding tert-OH is 1. The zero-order valence-corrected chi connectivity index (χ0v) is 11.9. The van der Waals surface area contributed by atoms with E-state index in [-0.39, 0.29) is 12.6 Å². The van der Waals surface area contributed by atoms with E-state index in [4.69, 9.17) is 5.11 Å². The maximum absolute atomic E-state index is 12.1. The van der Waals surface area contributed by atoms with Crippen molar-refractivity contribution in [3.63, 3.8) is 0 Å². The van der Waals surface area contributed by atoms with Crippen molar-refractivity contribution in [2.45, 2.75) is 25.3 Å². The summed E-state index contributed by atoms with van der Waals surface area (Å²) in [7, 11) is -1.93. The van der Waals surface area contributed by atoms with Gasteiger partial charge in [-0.05, 0) is 30.4 Å². The molecule has 0 atom stereocenters. The fraction of sp³-hybridized carbons (Fsp3) is 0.538. The lowest BCUT2D eigenvalue weighted by Crippen LogP contribution is -2.44. The molecule has 0 heterocycles. The van der Waals surface area contributed by atoms with Gasteiger partial charge in [-0.1, -0.05) is 24.3 Å². The van der Waals surface area contributed by atoms with E-state index in [0.717, 1.165) is 12.8 Å². The van der Waals surface area contributed by atoms with Gasteiger partial charge < -0.3 is 5.11 Å². The molecule has 5 nitrogen and oxygen atoms in total. The van der Waals surface area contributed by atoms with Crippen molar-refractivity contribution in [3.8, 4) is 0 Å². The molecule has 0 aromatic heterocycles.